The van der Waals surface area contributed by atoms with Gasteiger partial charge in [0.1, 0.15) is 10.8 Å². The summed E-state index contributed by atoms with van der Waals surface area (Å²) in [6.45, 7) is 5.87. The van der Waals surface area contributed by atoms with E-state index >= 15 is 0 Å². The fourth-order valence-corrected chi connectivity index (χ4v) is 3.75. The molecule has 0 radical (unpaired) electrons. The molecule has 3 N–H and O–H groups in total. The van der Waals surface area contributed by atoms with Crippen LogP contribution in [0.5, 0.6) is 0 Å². The van der Waals surface area contributed by atoms with E-state index in [9.17, 15) is 0 Å². The SMILES string of the molecule is Cc1nc(-c2c(N)nsc2NCC2CCOC2C)cs1. The highest BCUT2D eigenvalue weighted by atomic mass is 32.1. The highest BCUT2D eigenvalue weighted by Crippen LogP contribution is 2.37. The molecule has 2 atom stereocenters. The molecule has 1 saturated heterocycles. The van der Waals surface area contributed by atoms with E-state index in [0.717, 1.165) is 40.8 Å². The average molecular weight is 310 g/mol. The maximum atomic E-state index is 5.99. The molecule has 0 amide bonds. The number of hydrogen-bond acceptors (Lipinski definition) is 7. The van der Waals surface area contributed by atoms with E-state index in [1.54, 1.807) is 11.3 Å². The monoisotopic (exact) mass is 310 g/mol. The molecule has 1 aliphatic rings. The van der Waals surface area contributed by atoms with Crippen LogP contribution in [-0.2, 0) is 4.74 Å². The van der Waals surface area contributed by atoms with Crippen molar-refractivity contribution < 1.29 is 4.74 Å². The van der Waals surface area contributed by atoms with Gasteiger partial charge in [-0.2, -0.15) is 4.37 Å². The Hall–Kier alpha value is -1.18. The number of nitrogens with two attached hydrogens (primary N) is 1. The van der Waals surface area contributed by atoms with Gasteiger partial charge in [-0.1, -0.05) is 0 Å². The summed E-state index contributed by atoms with van der Waals surface area (Å²) in [5.41, 5.74) is 7.84. The summed E-state index contributed by atoms with van der Waals surface area (Å²) in [6.07, 6.45) is 1.42. The van der Waals surface area contributed by atoms with Gasteiger partial charge >= 0.3 is 0 Å². The highest BCUT2D eigenvalue weighted by molar-refractivity contribution is 7.11. The van der Waals surface area contributed by atoms with Crippen LogP contribution < -0.4 is 11.1 Å². The summed E-state index contributed by atoms with van der Waals surface area (Å²) in [6, 6.07) is 0. The molecule has 5 nitrogen and oxygen atoms in total. The number of hydrogen-bond donors (Lipinski definition) is 2. The van der Waals surface area contributed by atoms with Crippen LogP contribution in [-0.4, -0.2) is 28.6 Å². The first-order chi connectivity index (χ1) is 9.65. The first-order valence-corrected chi connectivity index (χ1v) is 8.33. The molecular weight excluding hydrogens is 292 g/mol. The van der Waals surface area contributed by atoms with E-state index < -0.39 is 0 Å². The maximum absolute atomic E-state index is 5.99. The van der Waals surface area contributed by atoms with Crippen molar-refractivity contribution >= 4 is 33.7 Å². The van der Waals surface area contributed by atoms with Gasteiger partial charge in [-0.05, 0) is 31.8 Å². The second-order valence-electron chi connectivity index (χ2n) is 5.03. The third-order valence-corrected chi connectivity index (χ3v) is 5.24. The van der Waals surface area contributed by atoms with E-state index in [1.807, 2.05) is 12.3 Å². The topological polar surface area (TPSA) is 73.1 Å². The Kier molecular flexibility index (Phi) is 3.91. The van der Waals surface area contributed by atoms with E-state index in [2.05, 4.69) is 21.6 Å². The molecular formula is C13H18N4OS2. The summed E-state index contributed by atoms with van der Waals surface area (Å²) >= 11 is 3.03. The van der Waals surface area contributed by atoms with Crippen LogP contribution in [0.15, 0.2) is 5.38 Å². The number of aryl methyl sites for hydroxylation is 1. The summed E-state index contributed by atoms with van der Waals surface area (Å²) in [4.78, 5) is 4.51. The van der Waals surface area contributed by atoms with Crippen LogP contribution in [0.2, 0.25) is 0 Å². The smallest absolute Gasteiger partial charge is 0.148 e. The van der Waals surface area contributed by atoms with Gasteiger partial charge in [-0.3, -0.25) is 0 Å². The third kappa shape index (κ3) is 2.65. The lowest BCUT2D eigenvalue weighted by Gasteiger charge is -2.15. The van der Waals surface area contributed by atoms with Crippen molar-refractivity contribution in [2.45, 2.75) is 26.4 Å². The first-order valence-electron chi connectivity index (χ1n) is 6.68. The molecule has 1 aliphatic heterocycles. The Labute approximate surface area is 126 Å². The molecule has 3 heterocycles. The molecule has 108 valence electrons. The predicted octanol–water partition coefficient (Wildman–Crippen LogP) is 2.99. The summed E-state index contributed by atoms with van der Waals surface area (Å²) in [5, 5.41) is 7.55. The molecule has 2 unspecified atom stereocenters. The minimum atomic E-state index is 0.317. The van der Waals surface area contributed by atoms with Crippen molar-refractivity contribution in [2.24, 2.45) is 5.92 Å². The molecule has 2 aromatic rings. The standard InChI is InChI=1S/C13H18N4OS2/c1-7-9(3-4-18-7)5-15-13-11(12(14)17-20-13)10-6-19-8(2)16-10/h6-7,9,15H,3-5H2,1-2H3,(H2,14,17). The maximum Gasteiger partial charge on any atom is 0.148 e. The molecule has 20 heavy (non-hydrogen) atoms. The molecule has 0 aliphatic carbocycles. The minimum absolute atomic E-state index is 0.317. The van der Waals surface area contributed by atoms with Gasteiger partial charge in [-0.25, -0.2) is 4.98 Å². The van der Waals surface area contributed by atoms with Crippen molar-refractivity contribution in [1.82, 2.24) is 9.36 Å². The van der Waals surface area contributed by atoms with Crippen molar-refractivity contribution in [3.63, 3.8) is 0 Å². The quantitative estimate of drug-likeness (QED) is 0.908. The van der Waals surface area contributed by atoms with Crippen LogP contribution in [0, 0.1) is 12.8 Å². The number of ether oxygens (including phenoxy) is 1. The first kappa shape index (κ1) is 13.8. The fraction of sp³-hybridized carbons (Fsp3) is 0.538. The minimum Gasteiger partial charge on any atom is -0.382 e. The molecule has 3 rings (SSSR count). The lowest BCUT2D eigenvalue weighted by molar-refractivity contribution is 0.108. The Morgan fingerprint density at radius 1 is 1.55 bits per heavy atom. The highest BCUT2D eigenvalue weighted by Gasteiger charge is 2.25. The van der Waals surface area contributed by atoms with Crippen molar-refractivity contribution in [1.29, 1.82) is 0 Å². The largest absolute Gasteiger partial charge is 0.382 e. The number of nitrogens with one attached hydrogen (secondary N) is 1. The third-order valence-electron chi connectivity index (χ3n) is 3.65. The van der Waals surface area contributed by atoms with Gasteiger partial charge in [0.05, 0.1) is 22.4 Å². The number of thiazole rings is 1. The zero-order valence-electron chi connectivity index (χ0n) is 11.5. The van der Waals surface area contributed by atoms with Crippen LogP contribution in [0.3, 0.4) is 0 Å². The zero-order valence-corrected chi connectivity index (χ0v) is 13.2. The lowest BCUT2D eigenvalue weighted by Crippen LogP contribution is -2.20. The Bertz CT molecular complexity index is 595. The molecule has 7 heteroatoms. The number of anilines is 2. The molecule has 0 aromatic carbocycles. The van der Waals surface area contributed by atoms with Crippen molar-refractivity contribution in [2.75, 3.05) is 24.2 Å². The van der Waals surface area contributed by atoms with E-state index in [0.29, 0.717) is 17.8 Å². The molecule has 0 saturated carbocycles. The number of nitrogens with zero attached hydrogens (tertiary/aromatic N) is 2. The van der Waals surface area contributed by atoms with Crippen molar-refractivity contribution in [3.8, 4) is 11.3 Å². The van der Waals surface area contributed by atoms with Crippen LogP contribution in [0.1, 0.15) is 18.4 Å². The van der Waals surface area contributed by atoms with Crippen LogP contribution in [0.4, 0.5) is 10.8 Å². The molecule has 1 fully saturated rings. The zero-order chi connectivity index (χ0) is 14.1. The average Bonchev–Trinajstić information content (AvgIpc) is 3.09. The normalized spacial score (nSPS) is 22.3. The number of nitrogen functional groups attached to an aromatic ring is 1. The van der Waals surface area contributed by atoms with Gasteiger partial charge in [0.25, 0.3) is 0 Å². The Morgan fingerprint density at radius 2 is 2.40 bits per heavy atom. The van der Waals surface area contributed by atoms with Gasteiger partial charge in [-0.15, -0.1) is 11.3 Å². The van der Waals surface area contributed by atoms with Gasteiger partial charge < -0.3 is 15.8 Å². The molecule has 0 bridgehead atoms. The van der Waals surface area contributed by atoms with Crippen LogP contribution >= 0.6 is 22.9 Å². The predicted molar refractivity (Wildman–Crippen MR) is 84.4 cm³/mol. The Morgan fingerprint density at radius 3 is 3.05 bits per heavy atom. The number of rotatable bonds is 4. The molecule has 2 aromatic heterocycles. The van der Waals surface area contributed by atoms with Crippen LogP contribution in [0.25, 0.3) is 11.3 Å². The van der Waals surface area contributed by atoms with Gasteiger partial charge in [0, 0.05) is 24.4 Å². The second kappa shape index (κ2) is 5.67. The fourth-order valence-electron chi connectivity index (χ4n) is 2.42. The Balaban J connectivity index is 1.77. The molecule has 0 spiro atoms. The second-order valence-corrected chi connectivity index (χ2v) is 6.86. The van der Waals surface area contributed by atoms with Gasteiger partial charge in [0.2, 0.25) is 0 Å². The lowest BCUT2D eigenvalue weighted by atomic mass is 10.0. The summed E-state index contributed by atoms with van der Waals surface area (Å²) in [5.74, 6) is 1.10. The summed E-state index contributed by atoms with van der Waals surface area (Å²) < 4.78 is 9.85. The number of aromatic nitrogens is 2. The van der Waals surface area contributed by atoms with Gasteiger partial charge in [0.15, 0.2) is 0 Å². The summed E-state index contributed by atoms with van der Waals surface area (Å²) in [7, 11) is 0. The van der Waals surface area contributed by atoms with E-state index in [1.165, 1.54) is 11.5 Å². The van der Waals surface area contributed by atoms with Crippen molar-refractivity contribution in [3.05, 3.63) is 10.4 Å². The van der Waals surface area contributed by atoms with E-state index in [4.69, 9.17) is 10.5 Å². The van der Waals surface area contributed by atoms with E-state index in [-0.39, 0.29) is 0 Å².